The standard InChI is InChI=1S/C10H22N2O3S/c1-2-15-6-7-16(13,14)12-10-5-3-4-9(10)8-11/h9-10,12H,2-8,11H2,1H3. The van der Waals surface area contributed by atoms with E-state index in [-0.39, 0.29) is 18.4 Å². The summed E-state index contributed by atoms with van der Waals surface area (Å²) >= 11 is 0. The Kier molecular flexibility index (Phi) is 5.68. The van der Waals surface area contributed by atoms with E-state index >= 15 is 0 Å². The van der Waals surface area contributed by atoms with Gasteiger partial charge in [0.15, 0.2) is 0 Å². The third-order valence-electron chi connectivity index (χ3n) is 2.99. The fourth-order valence-electron chi connectivity index (χ4n) is 2.08. The van der Waals surface area contributed by atoms with Gasteiger partial charge in [-0.25, -0.2) is 13.1 Å². The Morgan fingerprint density at radius 1 is 1.44 bits per heavy atom. The molecule has 5 nitrogen and oxygen atoms in total. The van der Waals surface area contributed by atoms with Crippen molar-refractivity contribution in [3.8, 4) is 0 Å². The molecule has 1 fully saturated rings. The lowest BCUT2D eigenvalue weighted by atomic mass is 10.1. The molecule has 0 heterocycles. The normalized spacial score (nSPS) is 26.1. The first-order chi connectivity index (χ1) is 7.59. The van der Waals surface area contributed by atoms with E-state index in [0.717, 1.165) is 19.3 Å². The van der Waals surface area contributed by atoms with Crippen LogP contribution in [0.3, 0.4) is 0 Å². The second-order valence-electron chi connectivity index (χ2n) is 4.17. The summed E-state index contributed by atoms with van der Waals surface area (Å²) in [6.07, 6.45) is 2.98. The van der Waals surface area contributed by atoms with Crippen molar-refractivity contribution in [2.45, 2.75) is 32.2 Å². The lowest BCUT2D eigenvalue weighted by Gasteiger charge is -2.19. The molecule has 1 rings (SSSR count). The molecule has 2 unspecified atom stereocenters. The van der Waals surface area contributed by atoms with Gasteiger partial charge in [0.2, 0.25) is 10.0 Å². The summed E-state index contributed by atoms with van der Waals surface area (Å²) in [5.41, 5.74) is 5.61. The van der Waals surface area contributed by atoms with Crippen LogP contribution in [0.5, 0.6) is 0 Å². The summed E-state index contributed by atoms with van der Waals surface area (Å²) in [4.78, 5) is 0. The number of sulfonamides is 1. The average molecular weight is 250 g/mol. The Morgan fingerprint density at radius 3 is 2.81 bits per heavy atom. The number of hydrogen-bond acceptors (Lipinski definition) is 4. The molecular weight excluding hydrogens is 228 g/mol. The molecule has 3 N–H and O–H groups in total. The Labute approximate surface area is 97.8 Å². The molecule has 0 radical (unpaired) electrons. The molecule has 0 spiro atoms. The second kappa shape index (κ2) is 6.54. The van der Waals surface area contributed by atoms with Crippen LogP contribution < -0.4 is 10.5 Å². The molecule has 96 valence electrons. The quantitative estimate of drug-likeness (QED) is 0.627. The molecule has 1 aliphatic rings. The summed E-state index contributed by atoms with van der Waals surface area (Å²) in [7, 11) is -3.21. The van der Waals surface area contributed by atoms with Gasteiger partial charge in [0.25, 0.3) is 0 Å². The van der Waals surface area contributed by atoms with Crippen molar-refractivity contribution in [1.82, 2.24) is 4.72 Å². The smallest absolute Gasteiger partial charge is 0.214 e. The first kappa shape index (κ1) is 13.9. The maximum atomic E-state index is 11.7. The maximum absolute atomic E-state index is 11.7. The van der Waals surface area contributed by atoms with Gasteiger partial charge in [-0.05, 0) is 32.2 Å². The van der Waals surface area contributed by atoms with E-state index in [1.54, 1.807) is 0 Å². The highest BCUT2D eigenvalue weighted by atomic mass is 32.2. The van der Waals surface area contributed by atoms with Crippen LogP contribution in [0.15, 0.2) is 0 Å². The Balaban J connectivity index is 2.39. The minimum atomic E-state index is -3.21. The first-order valence-corrected chi connectivity index (χ1v) is 7.52. The molecule has 0 aromatic heterocycles. The van der Waals surface area contributed by atoms with Crippen LogP contribution in [-0.2, 0) is 14.8 Å². The van der Waals surface area contributed by atoms with E-state index in [1.165, 1.54) is 0 Å². The van der Waals surface area contributed by atoms with Crippen molar-refractivity contribution in [3.05, 3.63) is 0 Å². The number of nitrogens with one attached hydrogen (secondary N) is 1. The summed E-state index contributed by atoms with van der Waals surface area (Å²) in [5.74, 6) is 0.330. The lowest BCUT2D eigenvalue weighted by molar-refractivity contribution is 0.163. The van der Waals surface area contributed by atoms with E-state index in [0.29, 0.717) is 19.1 Å². The number of nitrogens with two attached hydrogens (primary N) is 1. The van der Waals surface area contributed by atoms with E-state index in [9.17, 15) is 8.42 Å². The molecule has 0 aromatic rings. The monoisotopic (exact) mass is 250 g/mol. The van der Waals surface area contributed by atoms with Crippen molar-refractivity contribution >= 4 is 10.0 Å². The van der Waals surface area contributed by atoms with Gasteiger partial charge in [0.1, 0.15) is 0 Å². The van der Waals surface area contributed by atoms with Gasteiger partial charge in [0.05, 0.1) is 12.4 Å². The summed E-state index contributed by atoms with van der Waals surface area (Å²) in [6, 6.07) is 0.0247. The predicted molar refractivity (Wildman–Crippen MR) is 63.6 cm³/mol. The Bertz CT molecular complexity index is 292. The minimum Gasteiger partial charge on any atom is -0.381 e. The van der Waals surface area contributed by atoms with Crippen LogP contribution in [0.4, 0.5) is 0 Å². The van der Waals surface area contributed by atoms with Gasteiger partial charge in [-0.1, -0.05) is 6.42 Å². The van der Waals surface area contributed by atoms with Crippen molar-refractivity contribution in [2.75, 3.05) is 25.5 Å². The Hall–Kier alpha value is -0.170. The van der Waals surface area contributed by atoms with Crippen LogP contribution in [0.2, 0.25) is 0 Å². The molecular formula is C10H22N2O3S. The molecule has 16 heavy (non-hydrogen) atoms. The zero-order chi connectivity index (χ0) is 12.0. The largest absolute Gasteiger partial charge is 0.381 e. The first-order valence-electron chi connectivity index (χ1n) is 5.87. The van der Waals surface area contributed by atoms with Crippen LogP contribution in [0.1, 0.15) is 26.2 Å². The molecule has 0 aromatic carbocycles. The molecule has 0 aliphatic heterocycles. The lowest BCUT2D eigenvalue weighted by Crippen LogP contribution is -2.41. The van der Waals surface area contributed by atoms with E-state index < -0.39 is 10.0 Å². The number of ether oxygens (including phenoxy) is 1. The molecule has 0 bridgehead atoms. The fourth-order valence-corrected chi connectivity index (χ4v) is 3.30. The van der Waals surface area contributed by atoms with E-state index in [4.69, 9.17) is 10.5 Å². The predicted octanol–water partition coefficient (Wildman–Crippen LogP) is 0.0697. The van der Waals surface area contributed by atoms with Gasteiger partial charge >= 0.3 is 0 Å². The number of hydrogen-bond donors (Lipinski definition) is 2. The van der Waals surface area contributed by atoms with E-state index in [1.807, 2.05) is 6.92 Å². The summed E-state index contributed by atoms with van der Waals surface area (Å²) in [5, 5.41) is 0. The van der Waals surface area contributed by atoms with Gasteiger partial charge in [0, 0.05) is 12.6 Å². The zero-order valence-electron chi connectivity index (χ0n) is 9.81. The van der Waals surface area contributed by atoms with Gasteiger partial charge < -0.3 is 10.5 Å². The Morgan fingerprint density at radius 2 is 2.19 bits per heavy atom. The third kappa shape index (κ3) is 4.37. The topological polar surface area (TPSA) is 81.4 Å². The average Bonchev–Trinajstić information content (AvgIpc) is 2.64. The third-order valence-corrected chi connectivity index (χ3v) is 4.36. The van der Waals surface area contributed by atoms with Crippen LogP contribution in [-0.4, -0.2) is 40.0 Å². The fraction of sp³-hybridized carbons (Fsp3) is 1.00. The minimum absolute atomic E-state index is 0.0247. The zero-order valence-corrected chi connectivity index (χ0v) is 10.6. The van der Waals surface area contributed by atoms with Gasteiger partial charge in [-0.2, -0.15) is 0 Å². The van der Waals surface area contributed by atoms with Gasteiger partial charge in [-0.3, -0.25) is 0 Å². The molecule has 1 aliphatic carbocycles. The van der Waals surface area contributed by atoms with E-state index in [2.05, 4.69) is 4.72 Å². The summed E-state index contributed by atoms with van der Waals surface area (Å²) < 4.78 is 31.2. The molecule has 0 amide bonds. The van der Waals surface area contributed by atoms with Crippen molar-refractivity contribution < 1.29 is 13.2 Å². The molecule has 0 saturated heterocycles. The second-order valence-corrected chi connectivity index (χ2v) is 6.04. The SMILES string of the molecule is CCOCCS(=O)(=O)NC1CCCC1CN. The van der Waals surface area contributed by atoms with Crippen LogP contribution in [0, 0.1) is 5.92 Å². The van der Waals surface area contributed by atoms with Crippen molar-refractivity contribution in [3.63, 3.8) is 0 Å². The molecule has 6 heteroatoms. The highest BCUT2D eigenvalue weighted by molar-refractivity contribution is 7.89. The highest BCUT2D eigenvalue weighted by Crippen LogP contribution is 2.25. The van der Waals surface area contributed by atoms with Crippen LogP contribution in [0.25, 0.3) is 0 Å². The number of rotatable bonds is 7. The maximum Gasteiger partial charge on any atom is 0.214 e. The molecule has 1 saturated carbocycles. The van der Waals surface area contributed by atoms with Gasteiger partial charge in [-0.15, -0.1) is 0 Å². The highest BCUT2D eigenvalue weighted by Gasteiger charge is 2.29. The van der Waals surface area contributed by atoms with Crippen molar-refractivity contribution in [1.29, 1.82) is 0 Å². The van der Waals surface area contributed by atoms with Crippen molar-refractivity contribution in [2.24, 2.45) is 11.7 Å². The van der Waals surface area contributed by atoms with Crippen LogP contribution >= 0.6 is 0 Å². The molecule has 2 atom stereocenters. The summed E-state index contributed by atoms with van der Waals surface area (Å²) in [6.45, 7) is 3.20.